The first-order valence-corrected chi connectivity index (χ1v) is 18.1. The van der Waals surface area contributed by atoms with Gasteiger partial charge < -0.3 is 39.6 Å². The Bertz CT molecular complexity index is 2540. The molecule has 0 aliphatic heterocycles. The quantitative estimate of drug-likeness (QED) is 0.0658. The Morgan fingerprint density at radius 2 is 1.42 bits per heavy atom. The highest BCUT2D eigenvalue weighted by Crippen LogP contribution is 2.33. The van der Waals surface area contributed by atoms with Gasteiger partial charge in [-0.3, -0.25) is 34.5 Å². The summed E-state index contributed by atoms with van der Waals surface area (Å²) in [6, 6.07) is 7.66. The van der Waals surface area contributed by atoms with Gasteiger partial charge in [0.15, 0.2) is 5.89 Å². The van der Waals surface area contributed by atoms with Gasteiger partial charge in [-0.05, 0) is 50.6 Å². The van der Waals surface area contributed by atoms with E-state index >= 15 is 0 Å². The summed E-state index contributed by atoms with van der Waals surface area (Å²) in [4.78, 5) is 65.2. The van der Waals surface area contributed by atoms with Gasteiger partial charge in [-0.15, -0.1) is 0 Å². The molecule has 0 radical (unpaired) electrons. The number of nitrogens with zero attached hydrogens (tertiary/aromatic N) is 7. The largest absolute Gasteiger partial charge is 0.494 e. The lowest BCUT2D eigenvalue weighted by molar-refractivity contribution is 0.0987. The number of aliphatic hydroxyl groups excluding tert-OH is 1. The van der Waals surface area contributed by atoms with Gasteiger partial charge in [0.2, 0.25) is 29.5 Å². The molecule has 6 aromatic rings. The van der Waals surface area contributed by atoms with E-state index in [0.29, 0.717) is 64.4 Å². The monoisotopic (exact) mass is 781 g/mol. The molecule has 0 saturated heterocycles. The normalized spacial score (nSPS) is 11.5. The second kappa shape index (κ2) is 16.8. The van der Waals surface area contributed by atoms with E-state index in [1.165, 1.54) is 31.4 Å². The number of primary amides is 2. The number of nitrogens with two attached hydrogens (primary N) is 2. The van der Waals surface area contributed by atoms with Crippen LogP contribution in [0, 0.1) is 13.8 Å². The molecule has 0 atom stereocenters. The number of anilines is 2. The van der Waals surface area contributed by atoms with Crippen LogP contribution in [0.1, 0.15) is 79.3 Å². The number of aryl methyl sites for hydroxylation is 4. The number of benzene rings is 2. The molecule has 7 N–H and O–H groups in total. The van der Waals surface area contributed by atoms with E-state index in [2.05, 4.69) is 30.7 Å². The molecule has 4 aromatic heterocycles. The van der Waals surface area contributed by atoms with Crippen LogP contribution >= 0.6 is 0 Å². The Hall–Kier alpha value is -7.02. The SMILES string of the molecule is CCc1nc(C)oc1C(=O)Nc1nc2cc(C(N)=O)cc(OC)c2n1CC=CCn1c(NC(=O)c2cc(C)nn2CC)nc2cc(C(N)=O)cc(OCCCO)c21. The van der Waals surface area contributed by atoms with Gasteiger partial charge in [0.1, 0.15) is 28.2 Å². The number of carbonyl (C=O) groups excluding carboxylic acids is 4. The molecule has 0 unspecified atom stereocenters. The van der Waals surface area contributed by atoms with Gasteiger partial charge >= 0.3 is 0 Å². The molecular weight excluding hydrogens is 738 g/mol. The Morgan fingerprint density at radius 1 is 0.842 bits per heavy atom. The van der Waals surface area contributed by atoms with Gasteiger partial charge in [0.05, 0.1) is 36.1 Å². The number of oxazole rings is 1. The smallest absolute Gasteiger partial charge is 0.295 e. The number of ether oxygens (including phenoxy) is 2. The van der Waals surface area contributed by atoms with Crippen LogP contribution in [-0.2, 0) is 26.1 Å². The van der Waals surface area contributed by atoms with Crippen LogP contribution < -0.4 is 31.6 Å². The molecule has 4 heterocycles. The van der Waals surface area contributed by atoms with E-state index < -0.39 is 23.6 Å². The van der Waals surface area contributed by atoms with Crippen molar-refractivity contribution < 1.29 is 38.2 Å². The Kier molecular flexibility index (Phi) is 11.7. The second-order valence-electron chi connectivity index (χ2n) is 12.9. The van der Waals surface area contributed by atoms with E-state index in [4.69, 9.17) is 25.4 Å². The van der Waals surface area contributed by atoms with Gasteiger partial charge in [-0.25, -0.2) is 15.0 Å². The standard InChI is InChI=1S/C38H43N11O8/c1-6-24-32(57-21(4)41-24)36(54)45-38-42-25-16-22(33(39)51)18-28(55-5)30(25)47(38)11-8-9-12-48-31-26(17-23(34(40)52)19-29(31)56-14-10-13-50)43-37(48)44-35(53)27-15-20(3)46-49(27)7-2/h8-9,15-19,50H,6-7,10-14H2,1-5H3,(H2,39,51)(H2,40,52)(H,42,45,54)(H,43,44,53). The van der Waals surface area contributed by atoms with E-state index in [1.54, 1.807) is 45.9 Å². The summed E-state index contributed by atoms with van der Waals surface area (Å²) in [5, 5.41) is 19.5. The van der Waals surface area contributed by atoms with Crippen molar-refractivity contribution in [1.29, 1.82) is 0 Å². The summed E-state index contributed by atoms with van der Waals surface area (Å²) in [5.41, 5.74) is 14.6. The summed E-state index contributed by atoms with van der Waals surface area (Å²) in [7, 11) is 1.44. The molecule has 0 bridgehead atoms. The lowest BCUT2D eigenvalue weighted by Gasteiger charge is -2.13. The number of carbonyl (C=O) groups is 4. The number of aromatic nitrogens is 7. The molecule has 0 spiro atoms. The first-order chi connectivity index (χ1) is 27.4. The van der Waals surface area contributed by atoms with Crippen molar-refractivity contribution in [3.8, 4) is 11.5 Å². The third kappa shape index (κ3) is 8.18. The molecule has 0 fully saturated rings. The van der Waals surface area contributed by atoms with Crippen molar-refractivity contribution in [3.63, 3.8) is 0 Å². The van der Waals surface area contributed by atoms with E-state index in [0.717, 1.165) is 0 Å². The van der Waals surface area contributed by atoms with Crippen molar-refractivity contribution >= 4 is 57.6 Å². The maximum atomic E-state index is 13.6. The predicted molar refractivity (Wildman–Crippen MR) is 209 cm³/mol. The summed E-state index contributed by atoms with van der Waals surface area (Å²) < 4.78 is 22.2. The minimum absolute atomic E-state index is 0.0455. The zero-order chi connectivity index (χ0) is 41.0. The van der Waals surface area contributed by atoms with E-state index in [1.807, 2.05) is 13.8 Å². The van der Waals surface area contributed by atoms with Crippen molar-refractivity contribution in [2.75, 3.05) is 31.0 Å². The first kappa shape index (κ1) is 39.7. The van der Waals surface area contributed by atoms with Crippen molar-refractivity contribution in [2.45, 2.75) is 60.2 Å². The molecule has 298 valence electrons. The van der Waals surface area contributed by atoms with E-state index in [9.17, 15) is 24.3 Å². The molecular formula is C38H43N11O8. The van der Waals surface area contributed by atoms with Gasteiger partial charge in [0.25, 0.3) is 11.8 Å². The number of amides is 4. The average molecular weight is 782 g/mol. The number of aliphatic hydroxyl groups is 1. The van der Waals surface area contributed by atoms with Crippen LogP contribution in [0.3, 0.4) is 0 Å². The summed E-state index contributed by atoms with van der Waals surface area (Å²) >= 11 is 0. The van der Waals surface area contributed by atoms with Crippen LogP contribution in [0.5, 0.6) is 11.5 Å². The van der Waals surface area contributed by atoms with Crippen LogP contribution in [0.25, 0.3) is 22.1 Å². The molecule has 57 heavy (non-hydrogen) atoms. The minimum Gasteiger partial charge on any atom is -0.494 e. The number of nitrogens with one attached hydrogen (secondary N) is 2. The fourth-order valence-electron chi connectivity index (χ4n) is 6.34. The topological polar surface area (TPSA) is 263 Å². The molecule has 19 nitrogen and oxygen atoms in total. The number of rotatable bonds is 17. The summed E-state index contributed by atoms with van der Waals surface area (Å²) in [6.45, 7) is 7.87. The van der Waals surface area contributed by atoms with Gasteiger partial charge in [-0.1, -0.05) is 19.1 Å². The molecule has 19 heteroatoms. The lowest BCUT2D eigenvalue weighted by Crippen LogP contribution is -2.20. The molecule has 0 aliphatic carbocycles. The van der Waals surface area contributed by atoms with Gasteiger partial charge in [-0.2, -0.15) is 5.10 Å². The van der Waals surface area contributed by atoms with Gasteiger partial charge in [0, 0.05) is 50.7 Å². The number of hydrogen-bond donors (Lipinski definition) is 5. The zero-order valence-electron chi connectivity index (χ0n) is 32.1. The third-order valence-corrected chi connectivity index (χ3v) is 8.94. The number of allylic oxidation sites excluding steroid dienone is 2. The number of hydrogen-bond acceptors (Lipinski definition) is 12. The molecule has 6 rings (SSSR count). The highest BCUT2D eigenvalue weighted by atomic mass is 16.5. The average Bonchev–Trinajstić information content (AvgIpc) is 3.95. The summed E-state index contributed by atoms with van der Waals surface area (Å²) in [6.07, 6.45) is 4.37. The molecule has 2 aromatic carbocycles. The van der Waals surface area contributed by atoms with Crippen molar-refractivity contribution in [1.82, 2.24) is 33.9 Å². The Balaban J connectivity index is 1.41. The molecule has 0 aliphatic rings. The maximum Gasteiger partial charge on any atom is 0.295 e. The first-order valence-electron chi connectivity index (χ1n) is 18.1. The molecule has 0 saturated carbocycles. The molecule has 4 amide bonds. The van der Waals surface area contributed by atoms with Crippen LogP contribution in [0.4, 0.5) is 11.9 Å². The highest BCUT2D eigenvalue weighted by molar-refractivity contribution is 6.05. The van der Waals surface area contributed by atoms with Crippen molar-refractivity contribution in [2.24, 2.45) is 11.5 Å². The minimum atomic E-state index is -0.704. The summed E-state index contributed by atoms with van der Waals surface area (Å²) in [5.74, 6) is -1.23. The fourth-order valence-corrected chi connectivity index (χ4v) is 6.34. The predicted octanol–water partition coefficient (Wildman–Crippen LogP) is 3.50. The number of imidazole rings is 2. The van der Waals surface area contributed by atoms with Crippen LogP contribution in [0.2, 0.25) is 0 Å². The fraction of sp³-hybridized carbons (Fsp3) is 0.316. The van der Waals surface area contributed by atoms with E-state index in [-0.39, 0.29) is 66.6 Å². The number of fused-ring (bicyclic) bond motifs is 2. The second-order valence-corrected chi connectivity index (χ2v) is 12.9. The zero-order valence-corrected chi connectivity index (χ0v) is 32.1. The van der Waals surface area contributed by atoms with Crippen molar-refractivity contribution in [3.05, 3.63) is 82.3 Å². The third-order valence-electron chi connectivity index (χ3n) is 8.94. The maximum absolute atomic E-state index is 13.6. The van der Waals surface area contributed by atoms with Crippen LogP contribution in [-0.4, -0.2) is 82.9 Å². The Morgan fingerprint density at radius 3 is 1.96 bits per heavy atom. The Labute approximate surface area is 325 Å². The highest BCUT2D eigenvalue weighted by Gasteiger charge is 2.24. The van der Waals surface area contributed by atoms with Crippen LogP contribution in [0.15, 0.2) is 46.9 Å². The number of methoxy groups -OCH3 is 1. The lowest BCUT2D eigenvalue weighted by atomic mass is 10.1.